The molecule has 0 saturated heterocycles. The number of fused-ring (bicyclic) bond motifs is 22. The summed E-state index contributed by atoms with van der Waals surface area (Å²) in [4.78, 5) is 0. The first-order valence-electron chi connectivity index (χ1n) is 15.0. The molecule has 0 bridgehead atoms. The summed E-state index contributed by atoms with van der Waals surface area (Å²) in [7, 11) is 0. The molecule has 0 aliphatic heterocycles. The van der Waals surface area contributed by atoms with E-state index in [1.807, 2.05) is 0 Å². The van der Waals surface area contributed by atoms with Crippen LogP contribution in [-0.2, 0) is 0 Å². The van der Waals surface area contributed by atoms with Crippen LogP contribution in [0.2, 0.25) is 0 Å². The fourth-order valence-corrected chi connectivity index (χ4v) is 13.5. The van der Waals surface area contributed by atoms with Crippen LogP contribution in [0.1, 0.15) is 91.3 Å². The molecule has 30 heavy (non-hydrogen) atoms. The molecule has 16 unspecified atom stereocenters. The Balaban J connectivity index is 0.00000160. The maximum absolute atomic E-state index is 1.64. The molecule has 9 aliphatic rings. The Kier molecular flexibility index (Phi) is 3.44. The molecule has 9 saturated carbocycles. The molecule has 0 N–H and O–H groups in total. The minimum absolute atomic E-state index is 0. The van der Waals surface area contributed by atoms with Gasteiger partial charge >= 0.3 is 0 Å². The van der Waals surface area contributed by atoms with Crippen LogP contribution in [0, 0.1) is 94.7 Å². The van der Waals surface area contributed by atoms with Gasteiger partial charge in [0.2, 0.25) is 0 Å². The average Bonchev–Trinajstić information content (AvgIpc) is 2.70. The largest absolute Gasteiger partial charge is 0.0533 e. The van der Waals surface area contributed by atoms with Gasteiger partial charge in [-0.2, -0.15) is 0 Å². The summed E-state index contributed by atoms with van der Waals surface area (Å²) in [5, 5.41) is 0. The van der Waals surface area contributed by atoms with E-state index in [0.29, 0.717) is 0 Å². The monoisotopic (exact) mass is 406 g/mol. The Labute approximate surface area is 186 Å². The van der Waals surface area contributed by atoms with Crippen molar-refractivity contribution in [2.75, 3.05) is 0 Å². The van der Waals surface area contributed by atoms with E-state index in [9.17, 15) is 0 Å². The van der Waals surface area contributed by atoms with E-state index in [2.05, 4.69) is 0 Å². The predicted molar refractivity (Wildman–Crippen MR) is 123 cm³/mol. The van der Waals surface area contributed by atoms with Crippen molar-refractivity contribution in [3.05, 3.63) is 0 Å². The molecule has 0 radical (unpaired) electrons. The van der Waals surface area contributed by atoms with Crippen molar-refractivity contribution in [3.63, 3.8) is 0 Å². The highest BCUT2D eigenvalue weighted by molar-refractivity contribution is 5.36. The lowest BCUT2D eigenvalue weighted by Crippen LogP contribution is -2.91. The number of rotatable bonds is 0. The summed E-state index contributed by atoms with van der Waals surface area (Å²) in [6, 6.07) is 0. The van der Waals surface area contributed by atoms with Gasteiger partial charge in [0.25, 0.3) is 0 Å². The Hall–Kier alpha value is 0. The maximum atomic E-state index is 1.64. The zero-order chi connectivity index (χ0) is 19.1. The summed E-state index contributed by atoms with van der Waals surface area (Å²) in [6.45, 7) is 0. The first-order valence-corrected chi connectivity index (χ1v) is 15.0. The minimum Gasteiger partial charge on any atom is -0.0533 e. The Morgan fingerprint density at radius 1 is 0.233 bits per heavy atom. The molecule has 166 valence electrons. The predicted octanol–water partition coefficient (Wildman–Crippen LogP) is 7.68. The molecule has 0 aromatic heterocycles. The zero-order valence-electron chi connectivity index (χ0n) is 19.1. The van der Waals surface area contributed by atoms with E-state index < -0.39 is 0 Å². The first-order chi connectivity index (χ1) is 15.0. The second kappa shape index (κ2) is 5.91. The summed E-state index contributed by atoms with van der Waals surface area (Å²) < 4.78 is 0. The number of hydrogen-bond acceptors (Lipinski definition) is 0. The summed E-state index contributed by atoms with van der Waals surface area (Å²) in [6.07, 6.45) is 22.0. The van der Waals surface area contributed by atoms with Crippen molar-refractivity contribution >= 4 is 0 Å². The first kappa shape index (κ1) is 17.5. The molecule has 0 heteroatoms. The zero-order valence-corrected chi connectivity index (χ0v) is 19.1. The van der Waals surface area contributed by atoms with Crippen molar-refractivity contribution in [1.82, 2.24) is 0 Å². The smallest absolute Gasteiger partial charge is 0 e. The fourth-order valence-electron chi connectivity index (χ4n) is 13.5. The van der Waals surface area contributed by atoms with Crippen LogP contribution in [0.15, 0.2) is 0 Å². The molecule has 0 amide bonds. The van der Waals surface area contributed by atoms with Crippen LogP contribution in [0.4, 0.5) is 0 Å². The van der Waals surface area contributed by atoms with E-state index in [4.69, 9.17) is 0 Å². The lowest BCUT2D eigenvalue weighted by molar-refractivity contribution is -0.477. The van der Waals surface area contributed by atoms with Crippen LogP contribution in [0.25, 0.3) is 0 Å². The van der Waals surface area contributed by atoms with E-state index in [1.54, 1.807) is 64.2 Å². The maximum Gasteiger partial charge on any atom is 0 e. The van der Waals surface area contributed by atoms with Crippen molar-refractivity contribution in [1.29, 1.82) is 0 Å². The molecule has 0 aromatic rings. The molecule has 9 rings (SSSR count). The van der Waals surface area contributed by atoms with Crippen molar-refractivity contribution in [2.24, 2.45) is 94.7 Å². The van der Waals surface area contributed by atoms with Gasteiger partial charge in [-0.15, -0.1) is 0 Å². The highest BCUT2D eigenvalue weighted by atomic mass is 14.9. The molecule has 0 aromatic carbocycles. The Morgan fingerprint density at radius 2 is 0.467 bits per heavy atom. The van der Waals surface area contributed by atoms with Gasteiger partial charge in [-0.05, 0) is 120 Å². The lowest BCUT2D eigenvalue weighted by Gasteiger charge is -2.94. The third-order valence-corrected chi connectivity index (χ3v) is 14.3. The third kappa shape index (κ3) is 1.75. The van der Waals surface area contributed by atoms with Crippen LogP contribution in [-0.4, -0.2) is 0 Å². The van der Waals surface area contributed by atoms with Gasteiger partial charge in [0.15, 0.2) is 0 Å². The fraction of sp³-hybridized carbons (Fsp3) is 1.00. The Bertz CT molecular complexity index is 675. The van der Waals surface area contributed by atoms with Gasteiger partial charge in [-0.1, -0.05) is 64.2 Å². The Morgan fingerprint density at radius 3 is 0.767 bits per heavy atom. The van der Waals surface area contributed by atoms with E-state index in [-0.39, 0.29) is 1.43 Å². The van der Waals surface area contributed by atoms with Crippen LogP contribution in [0.3, 0.4) is 0 Å². The average molecular weight is 407 g/mol. The van der Waals surface area contributed by atoms with Gasteiger partial charge in [0, 0.05) is 1.43 Å². The van der Waals surface area contributed by atoms with Crippen molar-refractivity contribution in [3.8, 4) is 0 Å². The SMILES string of the molecule is C1CCCCCCC2C(CCCCC1)C1C2C2C1C1C2C2C3C4C5CCC5C4C3C12.[HH]. The highest BCUT2D eigenvalue weighted by Crippen LogP contribution is 2.93. The van der Waals surface area contributed by atoms with Gasteiger partial charge in [0.05, 0.1) is 0 Å². The molecular weight excluding hydrogens is 360 g/mol. The standard InChI is InChI=1S/C30H44.H2/c1-2-4-6-8-10-12-16-15(11-9-7-5-3-1)19-20(16)24-23(19)27-28(24)30-26-22-18-14-13-17(18)21(22)25(26)29(27)30;/h15-30H,1-14H2;1H. The summed E-state index contributed by atoms with van der Waals surface area (Å²) >= 11 is 0. The quantitative estimate of drug-likeness (QED) is 0.362. The topological polar surface area (TPSA) is 0 Å². The number of hydrogen-bond donors (Lipinski definition) is 0. The summed E-state index contributed by atoms with van der Waals surface area (Å²) in [5.41, 5.74) is 0. The van der Waals surface area contributed by atoms with Crippen LogP contribution < -0.4 is 0 Å². The van der Waals surface area contributed by atoms with Gasteiger partial charge in [-0.25, -0.2) is 0 Å². The van der Waals surface area contributed by atoms with E-state index >= 15 is 0 Å². The second-order valence-corrected chi connectivity index (χ2v) is 14.3. The van der Waals surface area contributed by atoms with Crippen LogP contribution >= 0.6 is 0 Å². The van der Waals surface area contributed by atoms with E-state index in [1.165, 1.54) is 120 Å². The molecule has 16 atom stereocenters. The third-order valence-electron chi connectivity index (χ3n) is 14.3. The normalized spacial score (nSPS) is 68.8. The molecule has 0 spiro atoms. The molecule has 9 fully saturated rings. The highest BCUT2D eigenvalue weighted by Gasteiger charge is 2.90. The van der Waals surface area contributed by atoms with Gasteiger partial charge in [0.1, 0.15) is 0 Å². The van der Waals surface area contributed by atoms with Crippen molar-refractivity contribution < 1.29 is 1.43 Å². The van der Waals surface area contributed by atoms with Crippen molar-refractivity contribution in [2.45, 2.75) is 89.9 Å². The molecule has 9 aliphatic carbocycles. The lowest BCUT2D eigenvalue weighted by atomic mass is 9.10. The van der Waals surface area contributed by atoms with E-state index in [0.717, 1.165) is 0 Å². The van der Waals surface area contributed by atoms with Gasteiger partial charge in [-0.3, -0.25) is 0 Å². The summed E-state index contributed by atoms with van der Waals surface area (Å²) in [5.74, 6) is 20.3. The minimum atomic E-state index is 0. The molecule has 0 heterocycles. The van der Waals surface area contributed by atoms with Crippen LogP contribution in [0.5, 0.6) is 0 Å². The molecular formula is C30H46. The van der Waals surface area contributed by atoms with Gasteiger partial charge < -0.3 is 0 Å². The molecule has 0 nitrogen and oxygen atoms in total. The second-order valence-electron chi connectivity index (χ2n) is 14.3.